The van der Waals surface area contributed by atoms with E-state index in [-0.39, 0.29) is 0 Å². The summed E-state index contributed by atoms with van der Waals surface area (Å²) < 4.78 is 2.25. The van der Waals surface area contributed by atoms with E-state index in [2.05, 4.69) is 44.6 Å². The lowest BCUT2D eigenvalue weighted by molar-refractivity contribution is 0.663. The maximum atomic E-state index is 2.35. The zero-order valence-electron chi connectivity index (χ0n) is 9.30. The van der Waals surface area contributed by atoms with Crippen LogP contribution in [-0.4, -0.2) is 4.57 Å². The van der Waals surface area contributed by atoms with Crippen LogP contribution in [0.5, 0.6) is 0 Å². The van der Waals surface area contributed by atoms with Crippen molar-refractivity contribution in [2.45, 2.75) is 46.0 Å². The minimum Gasteiger partial charge on any atom is -0.354 e. The smallest absolute Gasteiger partial charge is 0.0171 e. The number of nitrogens with zero attached hydrogens (tertiary/aromatic N) is 1. The maximum absolute atomic E-state index is 2.35. The molecule has 0 bridgehead atoms. The molecule has 0 aliphatic carbocycles. The molecule has 1 nitrogen and oxygen atoms in total. The first kappa shape index (κ1) is 10.4. The molecular weight excluding hydrogens is 158 g/mol. The van der Waals surface area contributed by atoms with Crippen LogP contribution in [0.4, 0.5) is 0 Å². The van der Waals surface area contributed by atoms with Gasteiger partial charge in [-0.15, -0.1) is 0 Å². The number of rotatable bonds is 4. The quantitative estimate of drug-likeness (QED) is 0.666. The second kappa shape index (κ2) is 4.50. The molecular formula is C12H21N. The van der Waals surface area contributed by atoms with Crippen LogP contribution in [0.1, 0.15) is 50.8 Å². The average Bonchev–Trinajstić information content (AvgIpc) is 2.47. The standard InChI is InChI=1S/C12H21N/c1-5-7-10(3)11-8-12(6-2)13(4)9-11/h8-10H,5-7H2,1-4H3. The van der Waals surface area contributed by atoms with Gasteiger partial charge in [0.1, 0.15) is 0 Å². The molecule has 0 amide bonds. The summed E-state index contributed by atoms with van der Waals surface area (Å²) in [6.07, 6.45) is 5.99. The summed E-state index contributed by atoms with van der Waals surface area (Å²) in [6, 6.07) is 2.35. The summed E-state index contributed by atoms with van der Waals surface area (Å²) in [7, 11) is 2.14. The maximum Gasteiger partial charge on any atom is 0.0171 e. The van der Waals surface area contributed by atoms with Crippen molar-refractivity contribution in [3.05, 3.63) is 23.5 Å². The lowest BCUT2D eigenvalue weighted by Crippen LogP contribution is -1.91. The van der Waals surface area contributed by atoms with Gasteiger partial charge in [0.25, 0.3) is 0 Å². The topological polar surface area (TPSA) is 4.93 Å². The van der Waals surface area contributed by atoms with Gasteiger partial charge in [0, 0.05) is 18.9 Å². The first-order valence-corrected chi connectivity index (χ1v) is 5.34. The molecule has 13 heavy (non-hydrogen) atoms. The van der Waals surface area contributed by atoms with Crippen molar-refractivity contribution in [3.8, 4) is 0 Å². The van der Waals surface area contributed by atoms with E-state index in [0.29, 0.717) is 0 Å². The molecule has 0 N–H and O–H groups in total. The summed E-state index contributed by atoms with van der Waals surface area (Å²) in [5.41, 5.74) is 2.94. The Kier molecular flexibility index (Phi) is 3.58. The Hall–Kier alpha value is -0.720. The van der Waals surface area contributed by atoms with Crippen LogP contribution in [0, 0.1) is 0 Å². The number of hydrogen-bond acceptors (Lipinski definition) is 0. The molecule has 0 radical (unpaired) electrons. The highest BCUT2D eigenvalue weighted by Crippen LogP contribution is 2.22. The molecule has 0 saturated carbocycles. The molecule has 1 aromatic rings. The van der Waals surface area contributed by atoms with Gasteiger partial charge in [-0.05, 0) is 30.4 Å². The van der Waals surface area contributed by atoms with Crippen LogP contribution >= 0.6 is 0 Å². The van der Waals surface area contributed by atoms with Crippen molar-refractivity contribution in [1.82, 2.24) is 4.57 Å². The van der Waals surface area contributed by atoms with Crippen molar-refractivity contribution >= 4 is 0 Å². The van der Waals surface area contributed by atoms with Gasteiger partial charge in [-0.25, -0.2) is 0 Å². The summed E-state index contributed by atoms with van der Waals surface area (Å²) >= 11 is 0. The van der Waals surface area contributed by atoms with Crippen molar-refractivity contribution < 1.29 is 0 Å². The minimum absolute atomic E-state index is 0.719. The molecule has 1 atom stereocenters. The fourth-order valence-electron chi connectivity index (χ4n) is 1.86. The molecule has 0 fully saturated rings. The van der Waals surface area contributed by atoms with Crippen LogP contribution in [0.3, 0.4) is 0 Å². The fourth-order valence-corrected chi connectivity index (χ4v) is 1.86. The van der Waals surface area contributed by atoms with E-state index in [4.69, 9.17) is 0 Å². The van der Waals surface area contributed by atoms with Gasteiger partial charge in [-0.1, -0.05) is 27.2 Å². The minimum atomic E-state index is 0.719. The van der Waals surface area contributed by atoms with Crippen LogP contribution in [0.15, 0.2) is 12.3 Å². The number of aromatic nitrogens is 1. The van der Waals surface area contributed by atoms with Gasteiger partial charge in [0.2, 0.25) is 0 Å². The van der Waals surface area contributed by atoms with Gasteiger partial charge < -0.3 is 4.57 Å². The molecule has 1 heteroatoms. The summed E-state index contributed by atoms with van der Waals surface area (Å²) in [5, 5.41) is 0. The Balaban J connectivity index is 2.77. The summed E-state index contributed by atoms with van der Waals surface area (Å²) in [6.45, 7) is 6.78. The van der Waals surface area contributed by atoms with E-state index in [1.54, 1.807) is 0 Å². The molecule has 1 aromatic heterocycles. The van der Waals surface area contributed by atoms with Crippen LogP contribution in [0.2, 0.25) is 0 Å². The lowest BCUT2D eigenvalue weighted by Gasteiger charge is -2.06. The van der Waals surface area contributed by atoms with Gasteiger partial charge in [-0.2, -0.15) is 0 Å². The van der Waals surface area contributed by atoms with Gasteiger partial charge in [0.15, 0.2) is 0 Å². The first-order chi connectivity index (χ1) is 6.19. The monoisotopic (exact) mass is 179 g/mol. The summed E-state index contributed by atoms with van der Waals surface area (Å²) in [4.78, 5) is 0. The molecule has 1 unspecified atom stereocenters. The second-order valence-electron chi connectivity index (χ2n) is 3.92. The largest absolute Gasteiger partial charge is 0.354 e. The third kappa shape index (κ3) is 2.36. The van der Waals surface area contributed by atoms with Gasteiger partial charge in [-0.3, -0.25) is 0 Å². The Morgan fingerprint density at radius 3 is 2.54 bits per heavy atom. The molecule has 0 aliphatic rings. The molecule has 74 valence electrons. The second-order valence-corrected chi connectivity index (χ2v) is 3.92. The van der Waals surface area contributed by atoms with E-state index in [9.17, 15) is 0 Å². The molecule has 1 heterocycles. The Morgan fingerprint density at radius 2 is 2.08 bits per heavy atom. The van der Waals surface area contributed by atoms with Gasteiger partial charge >= 0.3 is 0 Å². The molecule has 0 aromatic carbocycles. The van der Waals surface area contributed by atoms with Crippen molar-refractivity contribution in [2.24, 2.45) is 7.05 Å². The Labute approximate surface area is 81.8 Å². The fraction of sp³-hybridized carbons (Fsp3) is 0.667. The van der Waals surface area contributed by atoms with E-state index in [1.807, 2.05) is 0 Å². The molecule has 0 saturated heterocycles. The van der Waals surface area contributed by atoms with E-state index < -0.39 is 0 Å². The first-order valence-electron chi connectivity index (χ1n) is 5.34. The Bertz CT molecular complexity index is 260. The van der Waals surface area contributed by atoms with Crippen molar-refractivity contribution in [3.63, 3.8) is 0 Å². The predicted molar refractivity (Wildman–Crippen MR) is 58.1 cm³/mol. The molecule has 1 rings (SSSR count). The lowest BCUT2D eigenvalue weighted by atomic mass is 9.99. The third-order valence-corrected chi connectivity index (χ3v) is 2.78. The number of hydrogen-bond donors (Lipinski definition) is 0. The van der Waals surface area contributed by atoms with Crippen LogP contribution in [-0.2, 0) is 13.5 Å². The van der Waals surface area contributed by atoms with Crippen molar-refractivity contribution in [1.29, 1.82) is 0 Å². The highest BCUT2D eigenvalue weighted by Gasteiger charge is 2.07. The average molecular weight is 179 g/mol. The van der Waals surface area contributed by atoms with Crippen molar-refractivity contribution in [2.75, 3.05) is 0 Å². The Morgan fingerprint density at radius 1 is 1.38 bits per heavy atom. The predicted octanol–water partition coefficient (Wildman–Crippen LogP) is 3.49. The van der Waals surface area contributed by atoms with Gasteiger partial charge in [0.05, 0.1) is 0 Å². The zero-order chi connectivity index (χ0) is 9.84. The molecule has 0 aliphatic heterocycles. The van der Waals surface area contributed by atoms with Crippen LogP contribution < -0.4 is 0 Å². The number of aryl methyl sites for hydroxylation is 2. The normalized spacial score (nSPS) is 13.2. The van der Waals surface area contributed by atoms with E-state index in [1.165, 1.54) is 24.1 Å². The van der Waals surface area contributed by atoms with Crippen LogP contribution in [0.25, 0.3) is 0 Å². The zero-order valence-corrected chi connectivity index (χ0v) is 9.30. The third-order valence-electron chi connectivity index (χ3n) is 2.78. The van der Waals surface area contributed by atoms with E-state index in [0.717, 1.165) is 12.3 Å². The highest BCUT2D eigenvalue weighted by atomic mass is 14.9. The highest BCUT2D eigenvalue weighted by molar-refractivity contribution is 5.21. The SMILES string of the molecule is CCCC(C)c1cc(CC)n(C)c1. The summed E-state index contributed by atoms with van der Waals surface area (Å²) in [5.74, 6) is 0.719. The molecule has 0 spiro atoms. The van der Waals surface area contributed by atoms with E-state index >= 15 is 0 Å².